The zero-order valence-corrected chi connectivity index (χ0v) is 18.1. The molecule has 0 bridgehead atoms. The van der Waals surface area contributed by atoms with E-state index in [0.29, 0.717) is 15.6 Å². The van der Waals surface area contributed by atoms with Crippen molar-refractivity contribution in [2.45, 2.75) is 24.0 Å². The van der Waals surface area contributed by atoms with E-state index in [-0.39, 0.29) is 21.7 Å². The molecule has 0 aromatic heterocycles. The molecule has 4 rings (SSSR count). The van der Waals surface area contributed by atoms with Gasteiger partial charge in [-0.25, -0.2) is 8.42 Å². The van der Waals surface area contributed by atoms with Crippen molar-refractivity contribution in [3.8, 4) is 11.5 Å². The van der Waals surface area contributed by atoms with Crippen molar-refractivity contribution in [1.82, 2.24) is 0 Å². The Balaban J connectivity index is 1.82. The maximum absolute atomic E-state index is 12.7. The van der Waals surface area contributed by atoms with Crippen LogP contribution in [0.25, 0.3) is 0 Å². The average Bonchev–Trinajstić information content (AvgIpc) is 2.69. The number of fused-ring (bicyclic) bond motifs is 2. The first-order valence-corrected chi connectivity index (χ1v) is 11.2. The van der Waals surface area contributed by atoms with Crippen LogP contribution in [0.1, 0.15) is 40.0 Å². The minimum atomic E-state index is -4.06. The smallest absolute Gasteiger partial charge is 0.262 e. The molecule has 0 radical (unpaired) electrons. The van der Waals surface area contributed by atoms with Crippen LogP contribution in [0, 0.1) is 6.92 Å². The number of aliphatic hydroxyl groups is 2. The van der Waals surface area contributed by atoms with Gasteiger partial charge in [-0.3, -0.25) is 4.72 Å². The molecular weight excluding hydrogens is 474 g/mol. The monoisotopic (exact) mass is 491 g/mol. The first kappa shape index (κ1) is 20.7. The van der Waals surface area contributed by atoms with Crippen LogP contribution in [0.5, 0.6) is 11.5 Å². The number of nitrogens with one attached hydrogen (secondary N) is 1. The van der Waals surface area contributed by atoms with E-state index >= 15 is 0 Å². The quantitative estimate of drug-likeness (QED) is 0.357. The van der Waals surface area contributed by atoms with Gasteiger partial charge in [0.2, 0.25) is 0 Å². The van der Waals surface area contributed by atoms with Crippen molar-refractivity contribution in [3.05, 3.63) is 80.8 Å². The number of benzene rings is 3. The molecule has 0 fully saturated rings. The highest BCUT2D eigenvalue weighted by Gasteiger charge is 2.35. The number of phenols is 2. The fraction of sp³-hybridized carbons (Fsp3) is 0.143. The van der Waals surface area contributed by atoms with Crippen LogP contribution in [0.3, 0.4) is 0 Å². The van der Waals surface area contributed by atoms with E-state index in [0.717, 1.165) is 5.56 Å². The van der Waals surface area contributed by atoms with Crippen LogP contribution in [0.4, 0.5) is 5.69 Å². The Morgan fingerprint density at radius 2 is 1.53 bits per heavy atom. The van der Waals surface area contributed by atoms with Gasteiger partial charge in [0.1, 0.15) is 12.2 Å². The Morgan fingerprint density at radius 1 is 0.867 bits per heavy atom. The zero-order chi connectivity index (χ0) is 21.8. The molecule has 0 saturated heterocycles. The Kier molecular flexibility index (Phi) is 5.01. The van der Waals surface area contributed by atoms with Crippen LogP contribution in [0.2, 0.25) is 0 Å². The van der Waals surface area contributed by atoms with Gasteiger partial charge in [0.05, 0.1) is 10.6 Å². The lowest BCUT2D eigenvalue weighted by Gasteiger charge is -2.30. The van der Waals surface area contributed by atoms with E-state index in [9.17, 15) is 28.8 Å². The number of aromatic hydroxyl groups is 2. The van der Waals surface area contributed by atoms with Crippen molar-refractivity contribution in [2.75, 3.05) is 4.72 Å². The van der Waals surface area contributed by atoms with Gasteiger partial charge in [0.25, 0.3) is 10.0 Å². The summed E-state index contributed by atoms with van der Waals surface area (Å²) in [5, 5.41) is 42.5. The summed E-state index contributed by atoms with van der Waals surface area (Å²) in [5.74, 6) is -1.44. The van der Waals surface area contributed by atoms with Crippen molar-refractivity contribution >= 4 is 31.6 Å². The van der Waals surface area contributed by atoms with Gasteiger partial charge in [-0.2, -0.15) is 0 Å². The second-order valence-corrected chi connectivity index (χ2v) is 9.72. The predicted molar refractivity (Wildman–Crippen MR) is 114 cm³/mol. The summed E-state index contributed by atoms with van der Waals surface area (Å²) in [6.45, 7) is 1.82. The van der Waals surface area contributed by atoms with E-state index < -0.39 is 33.7 Å². The number of anilines is 1. The maximum Gasteiger partial charge on any atom is 0.262 e. The van der Waals surface area contributed by atoms with Crippen LogP contribution >= 0.6 is 15.9 Å². The largest absolute Gasteiger partial charge is 0.504 e. The first-order chi connectivity index (χ1) is 14.1. The van der Waals surface area contributed by atoms with Crippen LogP contribution in [0.15, 0.2) is 57.9 Å². The van der Waals surface area contributed by atoms with E-state index in [1.807, 2.05) is 6.92 Å². The van der Waals surface area contributed by atoms with Crippen molar-refractivity contribution in [2.24, 2.45) is 0 Å². The number of sulfonamides is 1. The van der Waals surface area contributed by atoms with Crippen LogP contribution in [-0.2, 0) is 10.0 Å². The summed E-state index contributed by atoms with van der Waals surface area (Å²) >= 11 is 3.30. The number of phenolic OH excluding ortho intramolecular Hbond substituents is 2. The molecule has 5 N–H and O–H groups in total. The molecule has 7 nitrogen and oxygen atoms in total. The van der Waals surface area contributed by atoms with Crippen molar-refractivity contribution in [3.63, 3.8) is 0 Å². The summed E-state index contributed by atoms with van der Waals surface area (Å²) in [7, 11) is -4.06. The Bertz CT molecular complexity index is 1260. The van der Waals surface area contributed by atoms with Crippen LogP contribution < -0.4 is 4.72 Å². The average molecular weight is 492 g/mol. The fourth-order valence-corrected chi connectivity index (χ4v) is 5.00. The highest BCUT2D eigenvalue weighted by molar-refractivity contribution is 9.10. The Morgan fingerprint density at radius 3 is 2.20 bits per heavy atom. The third-order valence-corrected chi connectivity index (χ3v) is 7.00. The number of rotatable bonds is 3. The predicted octanol–water partition coefficient (Wildman–Crippen LogP) is 3.45. The van der Waals surface area contributed by atoms with Gasteiger partial charge in [-0.1, -0.05) is 39.7 Å². The zero-order valence-electron chi connectivity index (χ0n) is 15.7. The third-order valence-electron chi connectivity index (χ3n) is 5.13. The molecule has 0 aliphatic heterocycles. The Hall–Kier alpha value is -2.59. The normalized spacial score (nSPS) is 17.9. The van der Waals surface area contributed by atoms with Gasteiger partial charge in [-0.05, 0) is 53.9 Å². The summed E-state index contributed by atoms with van der Waals surface area (Å²) in [5.41, 5.74) is 1.37. The summed E-state index contributed by atoms with van der Waals surface area (Å²) in [4.78, 5) is -0.0273. The van der Waals surface area contributed by atoms with E-state index in [1.165, 1.54) is 18.2 Å². The molecule has 2 unspecified atom stereocenters. The molecule has 2 atom stereocenters. The molecule has 0 saturated carbocycles. The third kappa shape index (κ3) is 3.33. The highest BCUT2D eigenvalue weighted by atomic mass is 79.9. The van der Waals surface area contributed by atoms with Gasteiger partial charge in [-0.15, -0.1) is 0 Å². The fourth-order valence-electron chi connectivity index (χ4n) is 3.56. The standard InChI is InChI=1S/C21H18BrNO6S/c1-10-2-5-12(6-3-10)30(28,29)23-16-9-15-17(21(27)20(16)26)19(25)14-8-11(22)4-7-13(14)18(15)24/h2-9,18-19,23-27H,1H3. The molecule has 1 aliphatic carbocycles. The summed E-state index contributed by atoms with van der Waals surface area (Å²) in [6, 6.07) is 12.2. The number of halogens is 1. The van der Waals surface area contributed by atoms with E-state index in [4.69, 9.17) is 0 Å². The lowest BCUT2D eigenvalue weighted by Crippen LogP contribution is -2.19. The molecule has 9 heteroatoms. The van der Waals surface area contributed by atoms with Crippen molar-refractivity contribution in [1.29, 1.82) is 0 Å². The van der Waals surface area contributed by atoms with Gasteiger partial charge in [0.15, 0.2) is 11.5 Å². The molecule has 0 spiro atoms. The molecule has 3 aromatic carbocycles. The maximum atomic E-state index is 12.7. The van der Waals surface area contributed by atoms with Gasteiger partial charge < -0.3 is 20.4 Å². The number of hydrogen-bond acceptors (Lipinski definition) is 6. The lowest BCUT2D eigenvalue weighted by atomic mass is 9.81. The summed E-state index contributed by atoms with van der Waals surface area (Å²) in [6.07, 6.45) is -2.55. The highest BCUT2D eigenvalue weighted by Crippen LogP contribution is 2.50. The minimum absolute atomic E-state index is 0.0273. The molecule has 0 heterocycles. The topological polar surface area (TPSA) is 127 Å². The van der Waals surface area contributed by atoms with E-state index in [1.54, 1.807) is 30.3 Å². The molecular formula is C21H18BrNO6S. The lowest BCUT2D eigenvalue weighted by molar-refractivity contribution is 0.169. The molecule has 0 amide bonds. The first-order valence-electron chi connectivity index (χ1n) is 8.94. The number of aryl methyl sites for hydroxylation is 1. The van der Waals surface area contributed by atoms with Crippen molar-refractivity contribution < 1.29 is 28.8 Å². The number of aliphatic hydroxyl groups excluding tert-OH is 2. The second kappa shape index (κ2) is 7.28. The molecule has 3 aromatic rings. The van der Waals surface area contributed by atoms with Gasteiger partial charge >= 0.3 is 0 Å². The Labute approximate surface area is 181 Å². The molecule has 156 valence electrons. The summed E-state index contributed by atoms with van der Waals surface area (Å²) < 4.78 is 28.3. The van der Waals surface area contributed by atoms with Crippen LogP contribution in [-0.4, -0.2) is 28.8 Å². The number of hydrogen-bond donors (Lipinski definition) is 5. The molecule has 1 aliphatic rings. The SMILES string of the molecule is Cc1ccc(S(=O)(=O)Nc2cc3c(c(O)c2O)C(O)c2cc(Br)ccc2C3O)cc1. The van der Waals surface area contributed by atoms with Gasteiger partial charge in [0, 0.05) is 10.0 Å². The molecule has 30 heavy (non-hydrogen) atoms. The second-order valence-electron chi connectivity index (χ2n) is 7.12. The van der Waals surface area contributed by atoms with E-state index in [2.05, 4.69) is 20.7 Å². The minimum Gasteiger partial charge on any atom is -0.504 e.